The summed E-state index contributed by atoms with van der Waals surface area (Å²) in [4.78, 5) is 14.0. The first-order chi connectivity index (χ1) is 9.37. The topological polar surface area (TPSA) is 67.4 Å². The number of aromatic nitrogens is 2. The Balaban J connectivity index is 1.69. The van der Waals surface area contributed by atoms with Gasteiger partial charge < -0.3 is 14.4 Å². The van der Waals surface area contributed by atoms with Gasteiger partial charge in [-0.3, -0.25) is 5.10 Å². The van der Waals surface area contributed by atoms with Gasteiger partial charge in [-0.1, -0.05) is 0 Å². The number of H-pyrrole nitrogens is 1. The molecule has 6 heteroatoms. The maximum atomic E-state index is 12.2. The van der Waals surface area contributed by atoms with Crippen molar-refractivity contribution in [1.82, 2.24) is 15.1 Å². The number of aromatic amines is 1. The van der Waals surface area contributed by atoms with Crippen LogP contribution in [0, 0.1) is 0 Å². The second-order valence-electron chi connectivity index (χ2n) is 6.66. The fourth-order valence-electron chi connectivity index (χ4n) is 2.92. The Morgan fingerprint density at radius 1 is 1.50 bits per heavy atom. The van der Waals surface area contributed by atoms with Gasteiger partial charge in [-0.05, 0) is 26.3 Å². The lowest BCUT2D eigenvalue weighted by Crippen LogP contribution is -2.55. The predicted octanol–water partition coefficient (Wildman–Crippen LogP) is 1.51. The molecule has 1 aromatic heterocycles. The fourth-order valence-corrected chi connectivity index (χ4v) is 2.92. The summed E-state index contributed by atoms with van der Waals surface area (Å²) in [5.74, 6) is 0. The number of carbonyl (C=O) groups excluding carboxylic acids is 1. The lowest BCUT2D eigenvalue weighted by molar-refractivity contribution is -0.103. The van der Waals surface area contributed by atoms with Gasteiger partial charge in [0, 0.05) is 25.1 Å². The van der Waals surface area contributed by atoms with Gasteiger partial charge in [0.1, 0.15) is 5.60 Å². The van der Waals surface area contributed by atoms with Crippen molar-refractivity contribution >= 4 is 6.09 Å². The average molecular weight is 279 g/mol. The van der Waals surface area contributed by atoms with Crippen LogP contribution >= 0.6 is 0 Å². The Morgan fingerprint density at radius 3 is 3.00 bits per heavy atom. The van der Waals surface area contributed by atoms with Gasteiger partial charge >= 0.3 is 6.09 Å². The van der Waals surface area contributed by atoms with E-state index in [1.54, 1.807) is 4.90 Å². The number of ether oxygens (including phenoxy) is 2. The minimum absolute atomic E-state index is 0.256. The molecule has 1 aliphatic carbocycles. The molecule has 2 aliphatic rings. The smallest absolute Gasteiger partial charge is 0.410 e. The average Bonchev–Trinajstić information content (AvgIpc) is 2.85. The van der Waals surface area contributed by atoms with E-state index in [0.29, 0.717) is 19.7 Å². The van der Waals surface area contributed by atoms with E-state index in [-0.39, 0.29) is 11.7 Å². The molecule has 1 unspecified atom stereocenters. The number of carbonyl (C=O) groups is 1. The molecule has 1 atom stereocenters. The van der Waals surface area contributed by atoms with E-state index >= 15 is 0 Å². The van der Waals surface area contributed by atoms with Crippen LogP contribution in [-0.4, -0.2) is 52.1 Å². The number of nitrogens with one attached hydrogen (secondary N) is 1. The number of nitrogens with zero attached hydrogens (tertiary/aromatic N) is 2. The first-order valence-electron chi connectivity index (χ1n) is 7.00. The molecule has 110 valence electrons. The molecule has 6 nitrogen and oxygen atoms in total. The van der Waals surface area contributed by atoms with Crippen LogP contribution in [0.4, 0.5) is 4.79 Å². The van der Waals surface area contributed by atoms with E-state index in [9.17, 15) is 4.79 Å². The molecule has 1 spiro atoms. The summed E-state index contributed by atoms with van der Waals surface area (Å²) in [7, 11) is 0. The van der Waals surface area contributed by atoms with E-state index in [0.717, 1.165) is 18.5 Å². The Hall–Kier alpha value is -1.56. The maximum Gasteiger partial charge on any atom is 0.410 e. The number of amides is 1. The zero-order chi connectivity index (χ0) is 14.4. The van der Waals surface area contributed by atoms with Gasteiger partial charge in [-0.25, -0.2) is 4.79 Å². The molecule has 20 heavy (non-hydrogen) atoms. The van der Waals surface area contributed by atoms with Gasteiger partial charge in [0.25, 0.3) is 0 Å². The molecule has 0 saturated carbocycles. The van der Waals surface area contributed by atoms with Crippen molar-refractivity contribution < 1.29 is 14.3 Å². The second-order valence-corrected chi connectivity index (χ2v) is 6.66. The molecule has 1 amide bonds. The van der Waals surface area contributed by atoms with Crippen LogP contribution in [0.5, 0.6) is 0 Å². The largest absolute Gasteiger partial charge is 0.444 e. The number of hydrogen-bond acceptors (Lipinski definition) is 4. The normalized spacial score (nSPS) is 25.9. The first-order valence-corrected chi connectivity index (χ1v) is 7.00. The molecule has 1 saturated heterocycles. The van der Waals surface area contributed by atoms with Crippen molar-refractivity contribution in [3.63, 3.8) is 0 Å². The standard InChI is InChI=1S/C14H21N3O3/c1-13(2,3)20-12(18)17-4-5-19-14(9-17)6-10-8-15-16-11(10)7-14/h8H,4-7,9H2,1-3H3,(H,15,16). The highest BCUT2D eigenvalue weighted by molar-refractivity contribution is 5.68. The van der Waals surface area contributed by atoms with Crippen molar-refractivity contribution in [2.24, 2.45) is 0 Å². The van der Waals surface area contributed by atoms with Crippen molar-refractivity contribution in [3.8, 4) is 0 Å². The molecule has 1 aliphatic heterocycles. The molecular weight excluding hydrogens is 258 g/mol. The molecule has 2 heterocycles. The van der Waals surface area contributed by atoms with Gasteiger partial charge in [0.15, 0.2) is 0 Å². The minimum atomic E-state index is -0.466. The third kappa shape index (κ3) is 2.52. The summed E-state index contributed by atoms with van der Waals surface area (Å²) in [5, 5.41) is 7.05. The molecule has 1 N–H and O–H groups in total. The molecule has 0 bridgehead atoms. The lowest BCUT2D eigenvalue weighted by Gasteiger charge is -2.40. The number of hydrogen-bond donors (Lipinski definition) is 1. The molecule has 3 rings (SSSR count). The summed E-state index contributed by atoms with van der Waals surface area (Å²) < 4.78 is 11.4. The van der Waals surface area contributed by atoms with Crippen LogP contribution in [0.3, 0.4) is 0 Å². The third-order valence-corrected chi connectivity index (χ3v) is 3.72. The zero-order valence-corrected chi connectivity index (χ0v) is 12.2. The maximum absolute atomic E-state index is 12.2. The van der Waals surface area contributed by atoms with Gasteiger partial charge in [0.05, 0.1) is 24.9 Å². The summed E-state index contributed by atoms with van der Waals surface area (Å²) in [6.45, 7) is 7.36. The number of morpholine rings is 1. The van der Waals surface area contributed by atoms with E-state index in [4.69, 9.17) is 9.47 Å². The Kier molecular flexibility index (Phi) is 3.01. The Labute approximate surface area is 118 Å². The lowest BCUT2D eigenvalue weighted by atomic mass is 9.98. The van der Waals surface area contributed by atoms with Gasteiger partial charge in [-0.2, -0.15) is 5.10 Å². The third-order valence-electron chi connectivity index (χ3n) is 3.72. The molecular formula is C14H21N3O3. The Morgan fingerprint density at radius 2 is 2.30 bits per heavy atom. The SMILES string of the molecule is CC(C)(C)OC(=O)N1CCOC2(Cc3cn[nH]c3C2)C1. The summed E-state index contributed by atoms with van der Waals surface area (Å²) in [5.41, 5.74) is 1.54. The fraction of sp³-hybridized carbons (Fsp3) is 0.714. The van der Waals surface area contributed by atoms with Crippen molar-refractivity contribution in [2.45, 2.75) is 44.8 Å². The van der Waals surface area contributed by atoms with Crippen LogP contribution in [0.25, 0.3) is 0 Å². The summed E-state index contributed by atoms with van der Waals surface area (Å²) in [6.07, 6.45) is 3.17. The molecule has 1 aromatic rings. The monoisotopic (exact) mass is 279 g/mol. The van der Waals surface area contributed by atoms with E-state index in [1.807, 2.05) is 27.0 Å². The van der Waals surface area contributed by atoms with Crippen LogP contribution < -0.4 is 0 Å². The van der Waals surface area contributed by atoms with Gasteiger partial charge in [0.2, 0.25) is 0 Å². The first kappa shape index (κ1) is 13.4. The van der Waals surface area contributed by atoms with Crippen LogP contribution in [-0.2, 0) is 22.3 Å². The van der Waals surface area contributed by atoms with Crippen molar-refractivity contribution in [2.75, 3.05) is 19.7 Å². The number of fused-ring (bicyclic) bond motifs is 1. The Bertz CT molecular complexity index is 497. The zero-order valence-electron chi connectivity index (χ0n) is 12.2. The highest BCUT2D eigenvalue weighted by Gasteiger charge is 2.44. The van der Waals surface area contributed by atoms with Crippen molar-refractivity contribution in [3.05, 3.63) is 17.5 Å². The van der Waals surface area contributed by atoms with Crippen LogP contribution in [0.15, 0.2) is 6.20 Å². The van der Waals surface area contributed by atoms with Gasteiger partial charge in [-0.15, -0.1) is 0 Å². The van der Waals surface area contributed by atoms with E-state index in [2.05, 4.69) is 10.2 Å². The second kappa shape index (κ2) is 4.48. The quantitative estimate of drug-likeness (QED) is 0.781. The van der Waals surface area contributed by atoms with Crippen LogP contribution in [0.2, 0.25) is 0 Å². The molecule has 1 fully saturated rings. The summed E-state index contributed by atoms with van der Waals surface area (Å²) in [6, 6.07) is 0. The van der Waals surface area contributed by atoms with Crippen molar-refractivity contribution in [1.29, 1.82) is 0 Å². The van der Waals surface area contributed by atoms with Crippen LogP contribution in [0.1, 0.15) is 32.0 Å². The minimum Gasteiger partial charge on any atom is -0.444 e. The molecule has 0 aromatic carbocycles. The summed E-state index contributed by atoms with van der Waals surface area (Å²) >= 11 is 0. The van der Waals surface area contributed by atoms with E-state index < -0.39 is 5.60 Å². The molecule has 0 radical (unpaired) electrons. The highest BCUT2D eigenvalue weighted by atomic mass is 16.6. The predicted molar refractivity (Wildman–Crippen MR) is 72.5 cm³/mol. The number of rotatable bonds is 0. The highest BCUT2D eigenvalue weighted by Crippen LogP contribution is 2.34. The van der Waals surface area contributed by atoms with E-state index in [1.165, 1.54) is 5.56 Å².